The Kier molecular flexibility index (Phi) is 6.08. The number of carbonyl (C=O) groups excluding carboxylic acids is 1. The highest BCUT2D eigenvalue weighted by atomic mass is 79.9. The molecule has 0 saturated carbocycles. The number of para-hydroxylation sites is 1. The fourth-order valence-corrected chi connectivity index (χ4v) is 3.41. The number of rotatable bonds is 6. The van der Waals surface area contributed by atoms with Gasteiger partial charge in [0.05, 0.1) is 6.54 Å². The molecule has 0 spiro atoms. The zero-order valence-corrected chi connectivity index (χ0v) is 16.9. The highest BCUT2D eigenvalue weighted by Crippen LogP contribution is 2.22. The van der Waals surface area contributed by atoms with Crippen LogP contribution in [0.4, 0.5) is 5.69 Å². The fraction of sp³-hybridized carbons (Fsp3) is 0.238. The molecule has 3 aromatic rings. The lowest BCUT2D eigenvalue weighted by atomic mass is 10.1. The molecule has 0 aliphatic rings. The standard InChI is InChI=1S/C21H21BrN2O3/c1-3-14-6-4-5-7-18(14)23-20(25)13-24(2)12-15-10-21(26)27-19-11-16(22)8-9-17(15)19/h4-11H,3,12-13H2,1-2H3,(H,23,25). The summed E-state index contributed by atoms with van der Waals surface area (Å²) in [6.07, 6.45) is 0.855. The van der Waals surface area contributed by atoms with Gasteiger partial charge in [-0.3, -0.25) is 9.69 Å². The third-order valence-electron chi connectivity index (χ3n) is 4.32. The quantitative estimate of drug-likeness (QED) is 0.597. The first-order valence-electron chi connectivity index (χ1n) is 8.75. The van der Waals surface area contributed by atoms with E-state index in [1.165, 1.54) is 6.07 Å². The van der Waals surface area contributed by atoms with E-state index in [0.717, 1.165) is 33.1 Å². The molecule has 1 amide bonds. The van der Waals surface area contributed by atoms with E-state index in [2.05, 4.69) is 28.2 Å². The molecule has 0 unspecified atom stereocenters. The number of benzene rings is 2. The Morgan fingerprint density at radius 1 is 1.15 bits per heavy atom. The van der Waals surface area contributed by atoms with Crippen molar-refractivity contribution < 1.29 is 9.21 Å². The second-order valence-corrected chi connectivity index (χ2v) is 7.38. The second-order valence-electron chi connectivity index (χ2n) is 6.46. The summed E-state index contributed by atoms with van der Waals surface area (Å²) in [5, 5.41) is 3.83. The maximum atomic E-state index is 12.4. The van der Waals surface area contributed by atoms with Crippen LogP contribution in [-0.2, 0) is 17.8 Å². The molecule has 0 radical (unpaired) electrons. The summed E-state index contributed by atoms with van der Waals surface area (Å²) in [5.41, 5.74) is 2.91. The Morgan fingerprint density at radius 3 is 2.70 bits per heavy atom. The number of hydrogen-bond acceptors (Lipinski definition) is 4. The van der Waals surface area contributed by atoms with E-state index in [0.29, 0.717) is 12.1 Å². The lowest BCUT2D eigenvalue weighted by Gasteiger charge is -2.18. The van der Waals surface area contributed by atoms with Crippen molar-refractivity contribution in [3.63, 3.8) is 0 Å². The minimum atomic E-state index is -0.398. The number of fused-ring (bicyclic) bond motifs is 1. The fourth-order valence-electron chi connectivity index (χ4n) is 3.07. The van der Waals surface area contributed by atoms with Crippen molar-refractivity contribution in [1.29, 1.82) is 0 Å². The molecule has 0 bridgehead atoms. The monoisotopic (exact) mass is 428 g/mol. The van der Waals surface area contributed by atoms with Gasteiger partial charge in [0.25, 0.3) is 0 Å². The van der Waals surface area contributed by atoms with Crippen LogP contribution < -0.4 is 10.9 Å². The lowest BCUT2D eigenvalue weighted by Crippen LogP contribution is -2.30. The first-order chi connectivity index (χ1) is 13.0. The molecule has 0 saturated heterocycles. The van der Waals surface area contributed by atoms with Crippen molar-refractivity contribution in [3.05, 3.63) is 74.6 Å². The number of halogens is 1. The summed E-state index contributed by atoms with van der Waals surface area (Å²) in [4.78, 5) is 26.1. The molecule has 5 nitrogen and oxygen atoms in total. The predicted molar refractivity (Wildman–Crippen MR) is 111 cm³/mol. The molecular formula is C21H21BrN2O3. The molecule has 140 valence electrons. The summed E-state index contributed by atoms with van der Waals surface area (Å²) in [6.45, 7) is 2.74. The molecule has 0 aliphatic heterocycles. The van der Waals surface area contributed by atoms with Crippen LogP contribution in [-0.4, -0.2) is 24.4 Å². The Bertz CT molecular complexity index is 1030. The molecule has 27 heavy (non-hydrogen) atoms. The van der Waals surface area contributed by atoms with E-state index in [4.69, 9.17) is 4.42 Å². The van der Waals surface area contributed by atoms with Crippen molar-refractivity contribution in [1.82, 2.24) is 4.90 Å². The Balaban J connectivity index is 1.72. The second kappa shape index (κ2) is 8.50. The van der Waals surface area contributed by atoms with Crippen molar-refractivity contribution in [2.75, 3.05) is 18.9 Å². The van der Waals surface area contributed by atoms with Gasteiger partial charge in [0.15, 0.2) is 0 Å². The molecule has 0 aliphatic carbocycles. The van der Waals surface area contributed by atoms with E-state index >= 15 is 0 Å². The van der Waals surface area contributed by atoms with Crippen LogP contribution in [0.3, 0.4) is 0 Å². The van der Waals surface area contributed by atoms with Crippen molar-refractivity contribution in [3.8, 4) is 0 Å². The van der Waals surface area contributed by atoms with Gasteiger partial charge in [0.2, 0.25) is 5.91 Å². The zero-order valence-electron chi connectivity index (χ0n) is 15.3. The van der Waals surface area contributed by atoms with Crippen LogP contribution in [0.25, 0.3) is 11.0 Å². The summed E-state index contributed by atoms with van der Waals surface area (Å²) >= 11 is 3.38. The van der Waals surface area contributed by atoms with E-state index in [-0.39, 0.29) is 12.5 Å². The van der Waals surface area contributed by atoms with E-state index in [9.17, 15) is 9.59 Å². The third-order valence-corrected chi connectivity index (χ3v) is 4.81. The lowest BCUT2D eigenvalue weighted by molar-refractivity contribution is -0.117. The van der Waals surface area contributed by atoms with Gasteiger partial charge < -0.3 is 9.73 Å². The molecule has 0 atom stereocenters. The molecular weight excluding hydrogens is 408 g/mol. The average Bonchev–Trinajstić information content (AvgIpc) is 2.61. The van der Waals surface area contributed by atoms with Crippen LogP contribution in [0.1, 0.15) is 18.1 Å². The highest BCUT2D eigenvalue weighted by Gasteiger charge is 2.12. The van der Waals surface area contributed by atoms with Gasteiger partial charge in [0.1, 0.15) is 5.58 Å². The van der Waals surface area contributed by atoms with E-state index < -0.39 is 5.63 Å². The Labute approximate surface area is 166 Å². The zero-order chi connectivity index (χ0) is 19.4. The number of aryl methyl sites for hydroxylation is 1. The first-order valence-corrected chi connectivity index (χ1v) is 9.54. The van der Waals surface area contributed by atoms with Crippen LogP contribution in [0.2, 0.25) is 0 Å². The normalized spacial score (nSPS) is 11.1. The van der Waals surface area contributed by atoms with Gasteiger partial charge in [0, 0.05) is 28.2 Å². The van der Waals surface area contributed by atoms with Gasteiger partial charge in [-0.05, 0) is 48.9 Å². The first kappa shape index (κ1) is 19.3. The molecule has 1 heterocycles. The smallest absolute Gasteiger partial charge is 0.336 e. The van der Waals surface area contributed by atoms with Crippen LogP contribution in [0.5, 0.6) is 0 Å². The number of anilines is 1. The molecule has 2 aromatic carbocycles. The Morgan fingerprint density at radius 2 is 1.93 bits per heavy atom. The van der Waals surface area contributed by atoms with Crippen LogP contribution >= 0.6 is 15.9 Å². The molecule has 0 fully saturated rings. The van der Waals surface area contributed by atoms with Crippen LogP contribution in [0, 0.1) is 0 Å². The number of likely N-dealkylation sites (N-methyl/N-ethyl adjacent to an activating group) is 1. The molecule has 6 heteroatoms. The van der Waals surface area contributed by atoms with Gasteiger partial charge in [-0.15, -0.1) is 0 Å². The minimum Gasteiger partial charge on any atom is -0.423 e. The number of amides is 1. The summed E-state index contributed by atoms with van der Waals surface area (Å²) < 4.78 is 6.11. The van der Waals surface area contributed by atoms with Gasteiger partial charge in [-0.25, -0.2) is 4.79 Å². The van der Waals surface area contributed by atoms with Crippen molar-refractivity contribution in [2.24, 2.45) is 0 Å². The molecule has 1 N–H and O–H groups in total. The SMILES string of the molecule is CCc1ccccc1NC(=O)CN(C)Cc1cc(=O)oc2cc(Br)ccc12. The van der Waals surface area contributed by atoms with Crippen molar-refractivity contribution >= 4 is 38.5 Å². The maximum Gasteiger partial charge on any atom is 0.336 e. The van der Waals surface area contributed by atoms with Gasteiger partial charge >= 0.3 is 5.63 Å². The maximum absolute atomic E-state index is 12.4. The molecule has 3 rings (SSSR count). The van der Waals surface area contributed by atoms with Gasteiger partial charge in [-0.1, -0.05) is 41.1 Å². The molecule has 1 aromatic heterocycles. The van der Waals surface area contributed by atoms with E-state index in [1.54, 1.807) is 6.07 Å². The summed E-state index contributed by atoms with van der Waals surface area (Å²) in [7, 11) is 1.85. The summed E-state index contributed by atoms with van der Waals surface area (Å²) in [6, 6.07) is 14.9. The average molecular weight is 429 g/mol. The van der Waals surface area contributed by atoms with Crippen molar-refractivity contribution in [2.45, 2.75) is 19.9 Å². The number of hydrogen-bond donors (Lipinski definition) is 1. The third kappa shape index (κ3) is 4.84. The van der Waals surface area contributed by atoms with Gasteiger partial charge in [-0.2, -0.15) is 0 Å². The highest BCUT2D eigenvalue weighted by molar-refractivity contribution is 9.10. The topological polar surface area (TPSA) is 62.6 Å². The number of carbonyl (C=O) groups is 1. The number of nitrogens with one attached hydrogen (secondary N) is 1. The summed E-state index contributed by atoms with van der Waals surface area (Å²) in [5.74, 6) is -0.0894. The minimum absolute atomic E-state index is 0.0894. The number of nitrogens with zero attached hydrogens (tertiary/aromatic N) is 1. The predicted octanol–water partition coefficient (Wildman–Crippen LogP) is 4.19. The Hall–Kier alpha value is -2.44. The van der Waals surface area contributed by atoms with Crippen LogP contribution in [0.15, 0.2) is 62.2 Å². The van der Waals surface area contributed by atoms with E-state index in [1.807, 2.05) is 48.3 Å². The largest absolute Gasteiger partial charge is 0.423 e.